The Morgan fingerprint density at radius 3 is 2.75 bits per heavy atom. The molecular weight excluding hydrogens is 304 g/mol. The zero-order valence-electron chi connectivity index (χ0n) is 10.9. The molecule has 8 heteroatoms. The van der Waals surface area contributed by atoms with Crippen LogP contribution in [0.15, 0.2) is 18.2 Å². The Morgan fingerprint density at radius 2 is 2.20 bits per heavy atom. The average Bonchev–Trinajstić information content (AvgIpc) is 2.67. The molecule has 2 N–H and O–H groups in total. The summed E-state index contributed by atoms with van der Waals surface area (Å²) in [6.45, 7) is 0.317. The molecule has 0 radical (unpaired) electrons. The third-order valence-electron chi connectivity index (χ3n) is 3.12. The number of nitrogens with two attached hydrogens (primary N) is 1. The lowest BCUT2D eigenvalue weighted by Gasteiger charge is -2.17. The number of benzene rings is 1. The van der Waals surface area contributed by atoms with Gasteiger partial charge in [0.15, 0.2) is 0 Å². The minimum Gasteiger partial charge on any atom is -0.495 e. The van der Waals surface area contributed by atoms with E-state index in [4.69, 9.17) is 21.5 Å². The molecule has 1 amide bonds. The SMILES string of the molecule is COc1ccc(N2CC(CS(N)(=O)=O)CC2=O)cc1Cl. The third kappa shape index (κ3) is 3.41. The van der Waals surface area contributed by atoms with Crippen molar-refractivity contribution in [2.45, 2.75) is 6.42 Å². The Labute approximate surface area is 122 Å². The van der Waals surface area contributed by atoms with Gasteiger partial charge in [-0.25, -0.2) is 13.6 Å². The van der Waals surface area contributed by atoms with E-state index in [0.717, 1.165) is 0 Å². The molecule has 110 valence electrons. The van der Waals surface area contributed by atoms with Gasteiger partial charge < -0.3 is 9.64 Å². The number of hydrogen-bond donors (Lipinski definition) is 1. The van der Waals surface area contributed by atoms with Gasteiger partial charge in [0.05, 0.1) is 17.9 Å². The number of primary sulfonamides is 1. The highest BCUT2D eigenvalue weighted by Crippen LogP contribution is 2.32. The molecule has 1 saturated heterocycles. The van der Waals surface area contributed by atoms with E-state index in [9.17, 15) is 13.2 Å². The summed E-state index contributed by atoms with van der Waals surface area (Å²) in [5, 5.41) is 5.41. The summed E-state index contributed by atoms with van der Waals surface area (Å²) in [5.74, 6) is -0.111. The van der Waals surface area contributed by atoms with Crippen LogP contribution in [0.1, 0.15) is 6.42 Å². The number of halogens is 1. The third-order valence-corrected chi connectivity index (χ3v) is 4.35. The van der Waals surface area contributed by atoms with E-state index in [-0.39, 0.29) is 24.0 Å². The monoisotopic (exact) mass is 318 g/mol. The van der Waals surface area contributed by atoms with Crippen LogP contribution in [-0.2, 0) is 14.8 Å². The summed E-state index contributed by atoms with van der Waals surface area (Å²) in [6.07, 6.45) is 0.167. The Morgan fingerprint density at radius 1 is 1.50 bits per heavy atom. The van der Waals surface area contributed by atoms with Crippen LogP contribution in [0.5, 0.6) is 5.75 Å². The van der Waals surface area contributed by atoms with Gasteiger partial charge in [-0.2, -0.15) is 0 Å². The van der Waals surface area contributed by atoms with Gasteiger partial charge in [-0.05, 0) is 18.2 Å². The number of rotatable bonds is 4. The van der Waals surface area contributed by atoms with Crippen LogP contribution in [0.4, 0.5) is 5.69 Å². The van der Waals surface area contributed by atoms with Gasteiger partial charge >= 0.3 is 0 Å². The highest BCUT2D eigenvalue weighted by Gasteiger charge is 2.33. The average molecular weight is 319 g/mol. The molecule has 0 aliphatic carbocycles. The molecule has 0 spiro atoms. The maximum absolute atomic E-state index is 12.0. The summed E-state index contributed by atoms with van der Waals surface area (Å²) in [6, 6.07) is 5.00. The summed E-state index contributed by atoms with van der Waals surface area (Å²) in [4.78, 5) is 13.5. The number of amides is 1. The van der Waals surface area contributed by atoms with Crippen LogP contribution in [0.25, 0.3) is 0 Å². The molecule has 0 aromatic heterocycles. The highest BCUT2D eigenvalue weighted by molar-refractivity contribution is 7.89. The maximum atomic E-state index is 12.0. The number of methoxy groups -OCH3 is 1. The normalized spacial score (nSPS) is 19.4. The predicted octanol–water partition coefficient (Wildman–Crippen LogP) is 0.990. The molecule has 1 unspecified atom stereocenters. The molecule has 6 nitrogen and oxygen atoms in total. The molecule has 1 heterocycles. The van der Waals surface area contributed by atoms with Gasteiger partial charge in [-0.3, -0.25) is 4.79 Å². The molecule has 1 fully saturated rings. The molecule has 0 saturated carbocycles. The summed E-state index contributed by atoms with van der Waals surface area (Å²) in [5.41, 5.74) is 0.623. The van der Waals surface area contributed by atoms with Crippen molar-refractivity contribution in [3.05, 3.63) is 23.2 Å². The van der Waals surface area contributed by atoms with Crippen molar-refractivity contribution in [2.75, 3.05) is 24.3 Å². The van der Waals surface area contributed by atoms with Crippen molar-refractivity contribution >= 4 is 33.2 Å². The fourth-order valence-corrected chi connectivity index (χ4v) is 3.43. The van der Waals surface area contributed by atoms with E-state index in [1.807, 2.05) is 0 Å². The topological polar surface area (TPSA) is 89.7 Å². The first-order valence-corrected chi connectivity index (χ1v) is 8.04. The first kappa shape index (κ1) is 15.1. The Kier molecular flexibility index (Phi) is 4.22. The van der Waals surface area contributed by atoms with E-state index in [2.05, 4.69) is 0 Å². The van der Waals surface area contributed by atoms with Gasteiger partial charge in [-0.1, -0.05) is 11.6 Å². The van der Waals surface area contributed by atoms with E-state index in [1.165, 1.54) is 12.0 Å². The number of hydrogen-bond acceptors (Lipinski definition) is 4. The van der Waals surface area contributed by atoms with Gasteiger partial charge in [0, 0.05) is 24.6 Å². The Hall–Kier alpha value is -1.31. The molecular formula is C12H15ClN2O4S. The van der Waals surface area contributed by atoms with Crippen LogP contribution < -0.4 is 14.8 Å². The second-order valence-corrected chi connectivity index (χ2v) is 6.79. The molecule has 1 aromatic carbocycles. The van der Waals surface area contributed by atoms with Crippen LogP contribution in [-0.4, -0.2) is 33.7 Å². The molecule has 2 rings (SSSR count). The number of ether oxygens (including phenoxy) is 1. The lowest BCUT2D eigenvalue weighted by atomic mass is 10.1. The van der Waals surface area contributed by atoms with Crippen molar-refractivity contribution < 1.29 is 17.9 Å². The molecule has 1 aliphatic heterocycles. The number of carbonyl (C=O) groups is 1. The van der Waals surface area contributed by atoms with E-state index < -0.39 is 10.0 Å². The van der Waals surface area contributed by atoms with E-state index in [1.54, 1.807) is 18.2 Å². The van der Waals surface area contributed by atoms with Crippen LogP contribution >= 0.6 is 11.6 Å². The minimum atomic E-state index is -3.58. The zero-order chi connectivity index (χ0) is 14.9. The molecule has 1 aliphatic rings. The number of carbonyl (C=O) groups excluding carboxylic acids is 1. The quantitative estimate of drug-likeness (QED) is 0.896. The minimum absolute atomic E-state index is 0.139. The summed E-state index contributed by atoms with van der Waals surface area (Å²) in [7, 11) is -2.08. The highest BCUT2D eigenvalue weighted by atomic mass is 35.5. The van der Waals surface area contributed by atoms with Crippen molar-refractivity contribution in [1.82, 2.24) is 0 Å². The van der Waals surface area contributed by atoms with Crippen LogP contribution in [0.3, 0.4) is 0 Å². The van der Waals surface area contributed by atoms with Crippen LogP contribution in [0.2, 0.25) is 5.02 Å². The summed E-state index contributed by atoms with van der Waals surface area (Å²) < 4.78 is 27.2. The maximum Gasteiger partial charge on any atom is 0.227 e. The van der Waals surface area contributed by atoms with E-state index in [0.29, 0.717) is 23.0 Å². The summed E-state index contributed by atoms with van der Waals surface area (Å²) >= 11 is 6.02. The largest absolute Gasteiger partial charge is 0.495 e. The number of sulfonamides is 1. The van der Waals surface area contributed by atoms with Gasteiger partial charge in [-0.15, -0.1) is 0 Å². The standard InChI is InChI=1S/C12H15ClN2O4S/c1-19-11-3-2-9(5-10(11)13)15-6-8(4-12(15)16)7-20(14,17)18/h2-3,5,8H,4,6-7H2,1H3,(H2,14,17,18). The Balaban J connectivity index is 2.18. The van der Waals surface area contributed by atoms with Crippen LogP contribution in [0, 0.1) is 5.92 Å². The van der Waals surface area contributed by atoms with Gasteiger partial charge in [0.25, 0.3) is 0 Å². The molecule has 0 bridgehead atoms. The molecule has 1 aromatic rings. The first-order valence-electron chi connectivity index (χ1n) is 5.94. The van der Waals surface area contributed by atoms with Crippen molar-refractivity contribution in [3.8, 4) is 5.75 Å². The van der Waals surface area contributed by atoms with Gasteiger partial charge in [0.2, 0.25) is 15.9 Å². The fourth-order valence-electron chi connectivity index (χ4n) is 2.29. The molecule has 1 atom stereocenters. The van der Waals surface area contributed by atoms with Crippen molar-refractivity contribution in [3.63, 3.8) is 0 Å². The fraction of sp³-hybridized carbons (Fsp3) is 0.417. The first-order chi connectivity index (χ1) is 9.30. The van der Waals surface area contributed by atoms with Gasteiger partial charge in [0.1, 0.15) is 5.75 Å². The second-order valence-electron chi connectivity index (χ2n) is 4.72. The number of nitrogens with zero attached hydrogens (tertiary/aromatic N) is 1. The van der Waals surface area contributed by atoms with E-state index >= 15 is 0 Å². The smallest absolute Gasteiger partial charge is 0.227 e. The van der Waals surface area contributed by atoms with Crippen molar-refractivity contribution in [1.29, 1.82) is 0 Å². The second kappa shape index (κ2) is 5.59. The lowest BCUT2D eigenvalue weighted by molar-refractivity contribution is -0.117. The van der Waals surface area contributed by atoms with Crippen molar-refractivity contribution in [2.24, 2.45) is 11.1 Å². The Bertz CT molecular complexity index is 632. The predicted molar refractivity (Wildman–Crippen MR) is 76.4 cm³/mol. The molecule has 20 heavy (non-hydrogen) atoms. The number of anilines is 1. The lowest BCUT2D eigenvalue weighted by Crippen LogP contribution is -2.27. The zero-order valence-corrected chi connectivity index (χ0v) is 12.4.